The van der Waals surface area contributed by atoms with Gasteiger partial charge in [0.2, 0.25) is 0 Å². The first-order valence-electron chi connectivity index (χ1n) is 5.86. The number of halogens is 1. The molecule has 1 aromatic rings. The van der Waals surface area contributed by atoms with Crippen molar-refractivity contribution in [3.05, 3.63) is 29.6 Å². The Bertz CT molecular complexity index is 374. The third-order valence-electron chi connectivity index (χ3n) is 3.12. The highest BCUT2D eigenvalue weighted by Gasteiger charge is 2.18. The monoisotopic (exact) mass is 239 g/mol. The number of ether oxygens (including phenoxy) is 2. The Kier molecular flexibility index (Phi) is 3.97. The molecule has 0 atom stereocenters. The van der Waals surface area contributed by atoms with Crippen LogP contribution in [0.4, 0.5) is 10.1 Å². The molecule has 0 amide bonds. The van der Waals surface area contributed by atoms with E-state index in [2.05, 4.69) is 4.90 Å². The molecule has 2 rings (SSSR count). The molecule has 1 aromatic carbocycles. The van der Waals surface area contributed by atoms with Crippen molar-refractivity contribution in [2.45, 2.75) is 19.1 Å². The highest BCUT2D eigenvalue weighted by Crippen LogP contribution is 2.27. The van der Waals surface area contributed by atoms with Crippen LogP contribution in [0.25, 0.3) is 0 Å². The van der Waals surface area contributed by atoms with Gasteiger partial charge >= 0.3 is 0 Å². The van der Waals surface area contributed by atoms with Crippen molar-refractivity contribution in [1.29, 1.82) is 0 Å². The fourth-order valence-corrected chi connectivity index (χ4v) is 2.25. The summed E-state index contributed by atoms with van der Waals surface area (Å²) in [6.07, 6.45) is 1.78. The van der Waals surface area contributed by atoms with Crippen LogP contribution in [0.1, 0.15) is 24.7 Å². The van der Waals surface area contributed by atoms with Gasteiger partial charge in [-0.15, -0.1) is 0 Å². The van der Waals surface area contributed by atoms with Crippen molar-refractivity contribution in [3.63, 3.8) is 0 Å². The van der Waals surface area contributed by atoms with Gasteiger partial charge in [-0.2, -0.15) is 0 Å². The Morgan fingerprint density at radius 1 is 1.18 bits per heavy atom. The summed E-state index contributed by atoms with van der Waals surface area (Å²) in [6, 6.07) is 5.15. The summed E-state index contributed by atoms with van der Waals surface area (Å²) >= 11 is 0. The molecule has 0 bridgehead atoms. The predicted molar refractivity (Wildman–Crippen MR) is 64.6 cm³/mol. The van der Waals surface area contributed by atoms with E-state index in [-0.39, 0.29) is 5.82 Å². The minimum atomic E-state index is -0.503. The molecule has 1 fully saturated rings. The van der Waals surface area contributed by atoms with E-state index in [9.17, 15) is 4.39 Å². The number of benzene rings is 1. The van der Waals surface area contributed by atoms with Gasteiger partial charge in [0.05, 0.1) is 5.69 Å². The summed E-state index contributed by atoms with van der Waals surface area (Å²) in [4.78, 5) is 2.08. The number of rotatable bonds is 4. The Labute approximate surface area is 101 Å². The van der Waals surface area contributed by atoms with Crippen LogP contribution in [0.5, 0.6) is 0 Å². The lowest BCUT2D eigenvalue weighted by Gasteiger charge is -2.20. The van der Waals surface area contributed by atoms with E-state index in [1.807, 2.05) is 6.07 Å². The van der Waals surface area contributed by atoms with Crippen molar-refractivity contribution < 1.29 is 13.9 Å². The van der Waals surface area contributed by atoms with Crippen molar-refractivity contribution >= 4 is 5.69 Å². The summed E-state index contributed by atoms with van der Waals surface area (Å²) in [7, 11) is 3.08. The second kappa shape index (κ2) is 5.47. The van der Waals surface area contributed by atoms with Crippen LogP contribution in [0, 0.1) is 5.82 Å². The van der Waals surface area contributed by atoms with Gasteiger partial charge in [0.1, 0.15) is 5.82 Å². The normalized spacial score (nSPS) is 15.9. The Hall–Kier alpha value is -1.13. The molecule has 0 radical (unpaired) electrons. The number of nitrogens with zero attached hydrogens (tertiary/aromatic N) is 1. The van der Waals surface area contributed by atoms with Gasteiger partial charge in [0, 0.05) is 32.9 Å². The molecule has 0 aliphatic carbocycles. The van der Waals surface area contributed by atoms with Crippen molar-refractivity contribution in [3.8, 4) is 0 Å². The molecule has 3 nitrogen and oxygen atoms in total. The van der Waals surface area contributed by atoms with E-state index in [0.29, 0.717) is 11.3 Å². The van der Waals surface area contributed by atoms with Gasteiger partial charge in [-0.3, -0.25) is 0 Å². The van der Waals surface area contributed by atoms with Crippen molar-refractivity contribution in [2.75, 3.05) is 32.2 Å². The highest BCUT2D eigenvalue weighted by molar-refractivity contribution is 5.50. The largest absolute Gasteiger partial charge is 0.369 e. The van der Waals surface area contributed by atoms with E-state index in [1.54, 1.807) is 20.3 Å². The molecule has 1 aliphatic rings. The van der Waals surface area contributed by atoms with Crippen LogP contribution in [0.15, 0.2) is 18.2 Å². The SMILES string of the molecule is COC(OC)c1ccc(N2CCCC2)c(F)c1. The molecule has 0 N–H and O–H groups in total. The van der Waals surface area contributed by atoms with Crippen LogP contribution < -0.4 is 4.90 Å². The van der Waals surface area contributed by atoms with Gasteiger partial charge < -0.3 is 14.4 Å². The van der Waals surface area contributed by atoms with E-state index in [1.165, 1.54) is 6.07 Å². The molecule has 1 heterocycles. The second-order valence-electron chi connectivity index (χ2n) is 4.21. The van der Waals surface area contributed by atoms with Gasteiger partial charge in [0.25, 0.3) is 0 Å². The highest BCUT2D eigenvalue weighted by atomic mass is 19.1. The molecular weight excluding hydrogens is 221 g/mol. The number of anilines is 1. The maximum atomic E-state index is 14.0. The lowest BCUT2D eigenvalue weighted by molar-refractivity contribution is -0.106. The van der Waals surface area contributed by atoms with Gasteiger partial charge in [-0.25, -0.2) is 4.39 Å². The molecule has 17 heavy (non-hydrogen) atoms. The third-order valence-corrected chi connectivity index (χ3v) is 3.12. The first-order valence-corrected chi connectivity index (χ1v) is 5.86. The summed E-state index contributed by atoms with van der Waals surface area (Å²) in [5.74, 6) is -0.205. The first-order chi connectivity index (χ1) is 8.26. The maximum Gasteiger partial charge on any atom is 0.183 e. The summed E-state index contributed by atoms with van der Waals surface area (Å²) in [5.41, 5.74) is 1.38. The van der Waals surface area contributed by atoms with E-state index in [0.717, 1.165) is 25.9 Å². The fraction of sp³-hybridized carbons (Fsp3) is 0.538. The van der Waals surface area contributed by atoms with Crippen LogP contribution in [-0.2, 0) is 9.47 Å². The molecular formula is C13H18FNO2. The molecule has 94 valence electrons. The van der Waals surface area contributed by atoms with Crippen molar-refractivity contribution in [2.24, 2.45) is 0 Å². The first kappa shape index (κ1) is 12.3. The zero-order valence-corrected chi connectivity index (χ0v) is 10.3. The van der Waals surface area contributed by atoms with Crippen LogP contribution in [0.2, 0.25) is 0 Å². The Morgan fingerprint density at radius 3 is 2.35 bits per heavy atom. The average molecular weight is 239 g/mol. The third kappa shape index (κ3) is 2.58. The summed E-state index contributed by atoms with van der Waals surface area (Å²) in [6.45, 7) is 1.88. The minimum absolute atomic E-state index is 0.205. The maximum absolute atomic E-state index is 14.0. The molecule has 1 saturated heterocycles. The average Bonchev–Trinajstić information content (AvgIpc) is 2.84. The van der Waals surface area contributed by atoms with E-state index < -0.39 is 6.29 Å². The topological polar surface area (TPSA) is 21.7 Å². The Balaban J connectivity index is 2.21. The standard InChI is InChI=1S/C13H18FNO2/c1-16-13(17-2)10-5-6-12(11(14)9-10)15-7-3-4-8-15/h5-6,9,13H,3-4,7-8H2,1-2H3. The van der Waals surface area contributed by atoms with Gasteiger partial charge in [0.15, 0.2) is 6.29 Å². The zero-order chi connectivity index (χ0) is 12.3. The number of hydrogen-bond acceptors (Lipinski definition) is 3. The smallest absolute Gasteiger partial charge is 0.183 e. The van der Waals surface area contributed by atoms with E-state index >= 15 is 0 Å². The van der Waals surface area contributed by atoms with Crippen LogP contribution >= 0.6 is 0 Å². The van der Waals surface area contributed by atoms with Crippen LogP contribution in [0.3, 0.4) is 0 Å². The van der Waals surface area contributed by atoms with Gasteiger partial charge in [-0.1, -0.05) is 6.07 Å². The lowest BCUT2D eigenvalue weighted by atomic mass is 10.1. The molecule has 0 aromatic heterocycles. The zero-order valence-electron chi connectivity index (χ0n) is 10.3. The molecule has 0 spiro atoms. The summed E-state index contributed by atoms with van der Waals surface area (Å²) in [5, 5.41) is 0. The van der Waals surface area contributed by atoms with Gasteiger partial charge in [-0.05, 0) is 25.0 Å². The predicted octanol–water partition coefficient (Wildman–Crippen LogP) is 2.72. The number of methoxy groups -OCH3 is 2. The molecule has 4 heteroatoms. The molecule has 0 unspecified atom stereocenters. The molecule has 0 saturated carbocycles. The minimum Gasteiger partial charge on any atom is -0.369 e. The molecule has 1 aliphatic heterocycles. The fourth-order valence-electron chi connectivity index (χ4n) is 2.25. The lowest BCUT2D eigenvalue weighted by Crippen LogP contribution is -2.19. The summed E-state index contributed by atoms with van der Waals surface area (Å²) < 4.78 is 24.2. The van der Waals surface area contributed by atoms with E-state index in [4.69, 9.17) is 9.47 Å². The van der Waals surface area contributed by atoms with Crippen LogP contribution in [-0.4, -0.2) is 27.3 Å². The second-order valence-corrected chi connectivity index (χ2v) is 4.21. The quantitative estimate of drug-likeness (QED) is 0.754. The Morgan fingerprint density at radius 2 is 1.82 bits per heavy atom. The van der Waals surface area contributed by atoms with Crippen molar-refractivity contribution in [1.82, 2.24) is 0 Å². The number of hydrogen-bond donors (Lipinski definition) is 0.